The van der Waals surface area contributed by atoms with Crippen LogP contribution in [-0.4, -0.2) is 23.1 Å². The summed E-state index contributed by atoms with van der Waals surface area (Å²) in [5.74, 6) is 1.21. The Kier molecular flexibility index (Phi) is 5.09. The van der Waals surface area contributed by atoms with Gasteiger partial charge in [0.15, 0.2) is 11.6 Å². The van der Waals surface area contributed by atoms with Gasteiger partial charge < -0.3 is 16.0 Å². The SMILES string of the molecule is CCN(CC)c1ncnc(Nc2cccc(Cl)c2Cl)c1N. The van der Waals surface area contributed by atoms with Crippen molar-refractivity contribution in [2.45, 2.75) is 13.8 Å². The fourth-order valence-corrected chi connectivity index (χ4v) is 2.34. The van der Waals surface area contributed by atoms with Gasteiger partial charge in [0, 0.05) is 13.1 Å². The zero-order valence-corrected chi connectivity index (χ0v) is 13.4. The number of anilines is 4. The van der Waals surface area contributed by atoms with Gasteiger partial charge in [-0.1, -0.05) is 29.3 Å². The summed E-state index contributed by atoms with van der Waals surface area (Å²) in [6.45, 7) is 5.72. The van der Waals surface area contributed by atoms with E-state index in [2.05, 4.69) is 20.2 Å². The number of nitrogens with one attached hydrogen (secondary N) is 1. The van der Waals surface area contributed by atoms with Crippen LogP contribution in [0.15, 0.2) is 24.5 Å². The van der Waals surface area contributed by atoms with Crippen molar-refractivity contribution in [3.63, 3.8) is 0 Å². The minimum Gasteiger partial charge on any atom is -0.393 e. The summed E-state index contributed by atoms with van der Waals surface area (Å²) in [4.78, 5) is 10.5. The number of rotatable bonds is 5. The lowest BCUT2D eigenvalue weighted by molar-refractivity contribution is 0.844. The van der Waals surface area contributed by atoms with Crippen molar-refractivity contribution >= 4 is 46.2 Å². The number of aromatic nitrogens is 2. The Hall–Kier alpha value is -1.72. The lowest BCUT2D eigenvalue weighted by Gasteiger charge is -2.22. The quantitative estimate of drug-likeness (QED) is 0.871. The Balaban J connectivity index is 2.37. The summed E-state index contributed by atoms with van der Waals surface area (Å²) in [7, 11) is 0. The molecule has 0 aliphatic carbocycles. The Bertz CT molecular complexity index is 629. The molecule has 0 bridgehead atoms. The molecule has 2 aromatic rings. The highest BCUT2D eigenvalue weighted by Gasteiger charge is 2.14. The average Bonchev–Trinajstić information content (AvgIpc) is 2.48. The first-order chi connectivity index (χ1) is 10.1. The third-order valence-corrected chi connectivity index (χ3v) is 3.95. The van der Waals surface area contributed by atoms with Crippen LogP contribution < -0.4 is 16.0 Å². The van der Waals surface area contributed by atoms with Crippen LogP contribution in [0.25, 0.3) is 0 Å². The van der Waals surface area contributed by atoms with E-state index in [1.807, 2.05) is 19.9 Å². The third-order valence-electron chi connectivity index (χ3n) is 3.13. The lowest BCUT2D eigenvalue weighted by atomic mass is 10.3. The van der Waals surface area contributed by atoms with Gasteiger partial charge in [0.2, 0.25) is 0 Å². The number of nitrogens with zero attached hydrogens (tertiary/aromatic N) is 3. The Morgan fingerprint density at radius 3 is 2.57 bits per heavy atom. The van der Waals surface area contributed by atoms with Crippen molar-refractivity contribution in [3.05, 3.63) is 34.6 Å². The summed E-state index contributed by atoms with van der Waals surface area (Å²) in [5.41, 5.74) is 7.30. The largest absolute Gasteiger partial charge is 0.393 e. The molecule has 5 nitrogen and oxygen atoms in total. The monoisotopic (exact) mass is 325 g/mol. The van der Waals surface area contributed by atoms with E-state index in [-0.39, 0.29) is 0 Å². The molecule has 21 heavy (non-hydrogen) atoms. The van der Waals surface area contributed by atoms with Crippen molar-refractivity contribution in [1.82, 2.24) is 9.97 Å². The predicted molar refractivity (Wildman–Crippen MR) is 89.8 cm³/mol. The van der Waals surface area contributed by atoms with Gasteiger partial charge in [-0.15, -0.1) is 0 Å². The molecule has 7 heteroatoms. The molecule has 0 saturated heterocycles. The first-order valence-electron chi connectivity index (χ1n) is 6.64. The molecule has 0 aliphatic rings. The highest BCUT2D eigenvalue weighted by Crippen LogP contribution is 2.34. The summed E-state index contributed by atoms with van der Waals surface area (Å²) >= 11 is 12.2. The van der Waals surface area contributed by atoms with E-state index in [0.717, 1.165) is 13.1 Å². The molecule has 1 heterocycles. The molecule has 0 fully saturated rings. The Morgan fingerprint density at radius 1 is 1.19 bits per heavy atom. The van der Waals surface area contributed by atoms with Crippen molar-refractivity contribution in [3.8, 4) is 0 Å². The summed E-state index contributed by atoms with van der Waals surface area (Å²) in [5, 5.41) is 4.01. The number of halogens is 2. The number of hydrogen-bond donors (Lipinski definition) is 2. The fourth-order valence-electron chi connectivity index (χ4n) is 1.99. The van der Waals surface area contributed by atoms with Gasteiger partial charge in [-0.2, -0.15) is 0 Å². The molecule has 1 aromatic carbocycles. The highest BCUT2D eigenvalue weighted by atomic mass is 35.5. The van der Waals surface area contributed by atoms with Crippen LogP contribution in [0.1, 0.15) is 13.8 Å². The van der Waals surface area contributed by atoms with Crippen LogP contribution in [0.3, 0.4) is 0 Å². The van der Waals surface area contributed by atoms with Crippen molar-refractivity contribution in [2.75, 3.05) is 29.0 Å². The maximum atomic E-state index is 6.17. The van der Waals surface area contributed by atoms with E-state index in [0.29, 0.717) is 33.1 Å². The van der Waals surface area contributed by atoms with E-state index >= 15 is 0 Å². The number of hydrogen-bond acceptors (Lipinski definition) is 5. The maximum Gasteiger partial charge on any atom is 0.159 e. The van der Waals surface area contributed by atoms with Gasteiger partial charge in [0.25, 0.3) is 0 Å². The summed E-state index contributed by atoms with van der Waals surface area (Å²) in [6.07, 6.45) is 1.48. The van der Waals surface area contributed by atoms with E-state index in [4.69, 9.17) is 28.9 Å². The fraction of sp³-hybridized carbons (Fsp3) is 0.286. The second kappa shape index (κ2) is 6.83. The van der Waals surface area contributed by atoms with Gasteiger partial charge in [0.05, 0.1) is 15.7 Å². The minimum absolute atomic E-state index is 0.432. The average molecular weight is 326 g/mol. The normalized spacial score (nSPS) is 10.5. The molecular weight excluding hydrogens is 309 g/mol. The van der Waals surface area contributed by atoms with Gasteiger partial charge >= 0.3 is 0 Å². The van der Waals surface area contributed by atoms with Gasteiger partial charge in [-0.25, -0.2) is 9.97 Å². The molecule has 0 atom stereocenters. The Labute approximate surface area is 134 Å². The molecular formula is C14H17Cl2N5. The third kappa shape index (κ3) is 3.31. The van der Waals surface area contributed by atoms with E-state index < -0.39 is 0 Å². The molecule has 0 unspecified atom stereocenters. The smallest absolute Gasteiger partial charge is 0.159 e. The standard InChI is InChI=1S/C14H17Cl2N5/c1-3-21(4-2)14-12(17)13(18-8-19-14)20-10-7-5-6-9(15)11(10)16/h5-8H,3-4,17H2,1-2H3,(H,18,19,20). The van der Waals surface area contributed by atoms with Crippen LogP contribution in [0.4, 0.5) is 23.0 Å². The van der Waals surface area contributed by atoms with E-state index in [1.54, 1.807) is 12.1 Å². The van der Waals surface area contributed by atoms with Gasteiger partial charge in [-0.05, 0) is 26.0 Å². The van der Waals surface area contributed by atoms with E-state index in [9.17, 15) is 0 Å². The molecule has 0 radical (unpaired) electrons. The molecule has 0 spiro atoms. The van der Waals surface area contributed by atoms with Crippen LogP contribution in [0, 0.1) is 0 Å². The Morgan fingerprint density at radius 2 is 1.90 bits per heavy atom. The van der Waals surface area contributed by atoms with Crippen molar-refractivity contribution in [2.24, 2.45) is 0 Å². The molecule has 1 aromatic heterocycles. The molecule has 2 rings (SSSR count). The summed E-state index contributed by atoms with van der Waals surface area (Å²) in [6, 6.07) is 5.34. The predicted octanol–water partition coefficient (Wildman–Crippen LogP) is 3.96. The zero-order chi connectivity index (χ0) is 15.4. The van der Waals surface area contributed by atoms with Crippen LogP contribution in [0.2, 0.25) is 10.0 Å². The van der Waals surface area contributed by atoms with Crippen LogP contribution in [-0.2, 0) is 0 Å². The lowest BCUT2D eigenvalue weighted by Crippen LogP contribution is -2.24. The number of nitrogens with two attached hydrogens (primary N) is 1. The summed E-state index contributed by atoms with van der Waals surface area (Å²) < 4.78 is 0. The van der Waals surface area contributed by atoms with Gasteiger partial charge in [-0.3, -0.25) is 0 Å². The van der Waals surface area contributed by atoms with Crippen molar-refractivity contribution in [1.29, 1.82) is 0 Å². The van der Waals surface area contributed by atoms with Crippen LogP contribution in [0.5, 0.6) is 0 Å². The second-order valence-corrected chi connectivity index (χ2v) is 5.14. The molecule has 0 aliphatic heterocycles. The molecule has 112 valence electrons. The first kappa shape index (κ1) is 15.7. The molecule has 0 amide bonds. The van der Waals surface area contributed by atoms with Gasteiger partial charge in [0.1, 0.15) is 12.0 Å². The second-order valence-electron chi connectivity index (χ2n) is 4.36. The van der Waals surface area contributed by atoms with Crippen LogP contribution >= 0.6 is 23.2 Å². The number of nitrogen functional groups attached to an aromatic ring is 1. The molecule has 3 N–H and O–H groups in total. The first-order valence-corrected chi connectivity index (χ1v) is 7.40. The minimum atomic E-state index is 0.432. The highest BCUT2D eigenvalue weighted by molar-refractivity contribution is 6.43. The van der Waals surface area contributed by atoms with E-state index in [1.165, 1.54) is 6.33 Å². The number of benzene rings is 1. The van der Waals surface area contributed by atoms with Crippen molar-refractivity contribution < 1.29 is 0 Å². The zero-order valence-electron chi connectivity index (χ0n) is 11.9. The molecule has 0 saturated carbocycles. The maximum absolute atomic E-state index is 6.17. The topological polar surface area (TPSA) is 67.1 Å².